The quantitative estimate of drug-likeness (QED) is 0.669. The zero-order valence-electron chi connectivity index (χ0n) is 17.4. The second kappa shape index (κ2) is 9.23. The molecule has 0 bridgehead atoms. The molecule has 2 amide bonds. The summed E-state index contributed by atoms with van der Waals surface area (Å²) >= 11 is 0. The Kier molecular flexibility index (Phi) is 7.54. The smallest absolute Gasteiger partial charge is 0.224 e. The fraction of sp³-hybridized carbons (Fsp3) is 0.909. The molecular weight excluding hydrogens is 324 g/mol. The van der Waals surface area contributed by atoms with Gasteiger partial charge in [0.05, 0.1) is 0 Å². The summed E-state index contributed by atoms with van der Waals surface area (Å²) in [5, 5.41) is 3.12. The molecule has 0 aromatic heterocycles. The van der Waals surface area contributed by atoms with Gasteiger partial charge in [-0.1, -0.05) is 58.3 Å². The molecule has 4 heteroatoms. The molecule has 2 aliphatic rings. The predicted octanol–water partition coefficient (Wildman–Crippen LogP) is 4.42. The van der Waals surface area contributed by atoms with E-state index in [1.807, 2.05) is 20.8 Å². The van der Waals surface area contributed by atoms with E-state index < -0.39 is 0 Å². The summed E-state index contributed by atoms with van der Waals surface area (Å²) in [6.07, 6.45) is 11.5. The van der Waals surface area contributed by atoms with Crippen LogP contribution >= 0.6 is 0 Å². The molecule has 2 saturated carbocycles. The number of carbonyl (C=O) groups excluding carboxylic acids is 2. The highest BCUT2D eigenvalue weighted by molar-refractivity contribution is 5.87. The van der Waals surface area contributed by atoms with Crippen molar-refractivity contribution in [2.75, 3.05) is 0 Å². The highest BCUT2D eigenvalue weighted by atomic mass is 16.2. The molecule has 0 saturated heterocycles. The second-order valence-corrected chi connectivity index (χ2v) is 10.00. The van der Waals surface area contributed by atoms with E-state index in [1.165, 1.54) is 51.4 Å². The van der Waals surface area contributed by atoms with Crippen LogP contribution in [0.1, 0.15) is 91.9 Å². The summed E-state index contributed by atoms with van der Waals surface area (Å²) in [6, 6.07) is 0. The fourth-order valence-electron chi connectivity index (χ4n) is 5.12. The van der Waals surface area contributed by atoms with Crippen LogP contribution in [0.4, 0.5) is 0 Å². The van der Waals surface area contributed by atoms with Crippen LogP contribution in [0.15, 0.2) is 0 Å². The number of amides is 2. The minimum absolute atomic E-state index is 0.0202. The standard InChI is InChI=1S/C22H40N2O2/c1-15(17-11-7-8-12-17)13-18(20(23)25)19(14-16-9-5-6-10-16)21(26)24-22(2,3)4/h15-19H,5-14H2,1-4H3,(H2,23,25)(H,24,26)/t15?,18-,19?/m0/s1. The van der Waals surface area contributed by atoms with E-state index in [2.05, 4.69) is 12.2 Å². The highest BCUT2D eigenvalue weighted by Gasteiger charge is 2.38. The van der Waals surface area contributed by atoms with E-state index >= 15 is 0 Å². The van der Waals surface area contributed by atoms with E-state index in [9.17, 15) is 9.59 Å². The Bertz CT molecular complexity index is 471. The van der Waals surface area contributed by atoms with Gasteiger partial charge >= 0.3 is 0 Å². The third-order valence-electron chi connectivity index (χ3n) is 6.58. The molecule has 0 heterocycles. The molecule has 3 N–H and O–H groups in total. The molecule has 0 spiro atoms. The van der Waals surface area contributed by atoms with Crippen LogP contribution in [0, 0.1) is 29.6 Å². The molecule has 2 fully saturated rings. The first kappa shape index (κ1) is 21.2. The average molecular weight is 365 g/mol. The van der Waals surface area contributed by atoms with Gasteiger partial charge in [0.1, 0.15) is 0 Å². The van der Waals surface area contributed by atoms with Gasteiger partial charge in [-0.05, 0) is 51.4 Å². The van der Waals surface area contributed by atoms with Crippen molar-refractivity contribution in [3.8, 4) is 0 Å². The Balaban J connectivity index is 2.13. The maximum atomic E-state index is 13.1. The number of nitrogens with one attached hydrogen (secondary N) is 1. The molecule has 0 aromatic rings. The summed E-state index contributed by atoms with van der Waals surface area (Å²) in [5.74, 6) is 0.827. The van der Waals surface area contributed by atoms with Gasteiger partial charge in [0.25, 0.3) is 0 Å². The number of nitrogens with two attached hydrogens (primary N) is 1. The van der Waals surface area contributed by atoms with Crippen LogP contribution in [0.2, 0.25) is 0 Å². The lowest BCUT2D eigenvalue weighted by atomic mass is 9.75. The van der Waals surface area contributed by atoms with E-state index in [4.69, 9.17) is 5.73 Å². The van der Waals surface area contributed by atoms with Crippen molar-refractivity contribution in [3.63, 3.8) is 0 Å². The molecule has 2 unspecified atom stereocenters. The minimum atomic E-state index is -0.339. The van der Waals surface area contributed by atoms with Gasteiger partial charge in [-0.2, -0.15) is 0 Å². The first-order valence-corrected chi connectivity index (χ1v) is 10.8. The van der Waals surface area contributed by atoms with Crippen molar-refractivity contribution in [1.82, 2.24) is 5.32 Å². The number of carbonyl (C=O) groups is 2. The van der Waals surface area contributed by atoms with E-state index in [-0.39, 0.29) is 29.2 Å². The largest absolute Gasteiger partial charge is 0.369 e. The molecule has 0 aromatic carbocycles. The Labute approximate surface area is 160 Å². The molecule has 2 aliphatic carbocycles. The summed E-state index contributed by atoms with van der Waals surface area (Å²) in [4.78, 5) is 25.5. The number of primary amides is 1. The van der Waals surface area contributed by atoms with Crippen LogP contribution in [-0.2, 0) is 9.59 Å². The van der Waals surface area contributed by atoms with E-state index in [0.717, 1.165) is 12.8 Å². The maximum Gasteiger partial charge on any atom is 0.224 e. The SMILES string of the molecule is CC(C[C@H](C(N)=O)C(CC1CCCC1)C(=O)NC(C)(C)C)C1CCCC1. The van der Waals surface area contributed by atoms with Crippen molar-refractivity contribution in [1.29, 1.82) is 0 Å². The summed E-state index contributed by atoms with van der Waals surface area (Å²) < 4.78 is 0. The van der Waals surface area contributed by atoms with E-state index in [0.29, 0.717) is 17.8 Å². The van der Waals surface area contributed by atoms with Crippen molar-refractivity contribution < 1.29 is 9.59 Å². The summed E-state index contributed by atoms with van der Waals surface area (Å²) in [6.45, 7) is 8.24. The topological polar surface area (TPSA) is 72.2 Å². The third-order valence-corrected chi connectivity index (χ3v) is 6.58. The molecular formula is C22H40N2O2. The molecule has 150 valence electrons. The lowest BCUT2D eigenvalue weighted by Crippen LogP contribution is -2.48. The van der Waals surface area contributed by atoms with E-state index in [1.54, 1.807) is 0 Å². The minimum Gasteiger partial charge on any atom is -0.369 e. The molecule has 3 atom stereocenters. The van der Waals surface area contributed by atoms with Gasteiger partial charge in [0, 0.05) is 17.4 Å². The van der Waals surface area contributed by atoms with Gasteiger partial charge in [-0.3, -0.25) is 9.59 Å². The lowest BCUT2D eigenvalue weighted by molar-refractivity contribution is -0.135. The number of rotatable bonds is 8. The maximum absolute atomic E-state index is 13.1. The molecule has 26 heavy (non-hydrogen) atoms. The fourth-order valence-corrected chi connectivity index (χ4v) is 5.12. The predicted molar refractivity (Wildman–Crippen MR) is 106 cm³/mol. The monoisotopic (exact) mass is 364 g/mol. The van der Waals surface area contributed by atoms with Gasteiger partial charge in [-0.25, -0.2) is 0 Å². The van der Waals surface area contributed by atoms with Gasteiger partial charge in [-0.15, -0.1) is 0 Å². The molecule has 0 radical (unpaired) electrons. The number of hydrogen-bond acceptors (Lipinski definition) is 2. The van der Waals surface area contributed by atoms with Crippen LogP contribution < -0.4 is 11.1 Å². The average Bonchev–Trinajstić information content (AvgIpc) is 3.21. The van der Waals surface area contributed by atoms with Crippen molar-refractivity contribution in [2.45, 2.75) is 97.4 Å². The van der Waals surface area contributed by atoms with Gasteiger partial charge in [0.2, 0.25) is 11.8 Å². The first-order chi connectivity index (χ1) is 12.2. The Hall–Kier alpha value is -1.06. The van der Waals surface area contributed by atoms with Gasteiger partial charge in [0.15, 0.2) is 0 Å². The van der Waals surface area contributed by atoms with Crippen molar-refractivity contribution in [2.24, 2.45) is 35.3 Å². The summed E-state index contributed by atoms with van der Waals surface area (Å²) in [7, 11) is 0. The first-order valence-electron chi connectivity index (χ1n) is 10.8. The van der Waals surface area contributed by atoms with Crippen LogP contribution in [0.5, 0.6) is 0 Å². The highest BCUT2D eigenvalue weighted by Crippen LogP contribution is 2.39. The molecule has 0 aliphatic heterocycles. The zero-order chi connectivity index (χ0) is 19.3. The van der Waals surface area contributed by atoms with Crippen molar-refractivity contribution >= 4 is 11.8 Å². The Morgan fingerprint density at radius 3 is 2.04 bits per heavy atom. The zero-order valence-corrected chi connectivity index (χ0v) is 17.4. The Morgan fingerprint density at radius 1 is 1.00 bits per heavy atom. The lowest BCUT2D eigenvalue weighted by Gasteiger charge is -2.32. The van der Waals surface area contributed by atoms with Gasteiger partial charge < -0.3 is 11.1 Å². The molecule has 2 rings (SSSR count). The molecule has 4 nitrogen and oxygen atoms in total. The van der Waals surface area contributed by atoms with Crippen LogP contribution in [-0.4, -0.2) is 17.4 Å². The summed E-state index contributed by atoms with van der Waals surface area (Å²) in [5.41, 5.74) is 5.55. The van der Waals surface area contributed by atoms with Crippen molar-refractivity contribution in [3.05, 3.63) is 0 Å². The Morgan fingerprint density at radius 2 is 1.54 bits per heavy atom. The third kappa shape index (κ3) is 6.28. The number of hydrogen-bond donors (Lipinski definition) is 2. The van der Waals surface area contributed by atoms with Crippen LogP contribution in [0.25, 0.3) is 0 Å². The second-order valence-electron chi connectivity index (χ2n) is 10.00. The normalized spacial score (nSPS) is 22.9. The van der Waals surface area contributed by atoms with Crippen LogP contribution in [0.3, 0.4) is 0 Å².